The van der Waals surface area contributed by atoms with E-state index in [-0.39, 0.29) is 17.0 Å². The van der Waals surface area contributed by atoms with Crippen LogP contribution in [-0.2, 0) is 9.53 Å². The van der Waals surface area contributed by atoms with E-state index < -0.39 is 30.1 Å². The molecule has 3 rings (SSSR count). The lowest BCUT2D eigenvalue weighted by Crippen LogP contribution is -2.21. The fraction of sp³-hybridized carbons (Fsp3) is 0.0526. The van der Waals surface area contributed by atoms with Crippen molar-refractivity contribution in [1.29, 1.82) is 0 Å². The van der Waals surface area contributed by atoms with E-state index in [1.165, 1.54) is 18.2 Å². The summed E-state index contributed by atoms with van der Waals surface area (Å²) in [6, 6.07) is 12.8. The van der Waals surface area contributed by atoms with E-state index in [1.807, 2.05) is 0 Å². The zero-order chi connectivity index (χ0) is 18.7. The molecule has 7 heteroatoms. The normalized spacial score (nSPS) is 10.5. The van der Waals surface area contributed by atoms with Crippen molar-refractivity contribution >= 4 is 28.3 Å². The highest BCUT2D eigenvalue weighted by molar-refractivity contribution is 6.00. The topological polar surface area (TPSA) is 75.6 Å². The monoisotopic (exact) mass is 357 g/mol. The SMILES string of the molecule is O=C(COC(=O)c1cc2ccccc2cc1O)Nc1ccc(F)c(F)c1. The predicted molar refractivity (Wildman–Crippen MR) is 90.9 cm³/mol. The number of halogens is 2. The van der Waals surface area contributed by atoms with Gasteiger partial charge in [0.15, 0.2) is 18.2 Å². The maximum absolute atomic E-state index is 13.1. The summed E-state index contributed by atoms with van der Waals surface area (Å²) in [7, 11) is 0. The number of hydrogen-bond donors (Lipinski definition) is 2. The van der Waals surface area contributed by atoms with Crippen molar-refractivity contribution in [3.8, 4) is 5.75 Å². The van der Waals surface area contributed by atoms with Gasteiger partial charge < -0.3 is 15.2 Å². The van der Waals surface area contributed by atoms with E-state index in [1.54, 1.807) is 24.3 Å². The summed E-state index contributed by atoms with van der Waals surface area (Å²) in [4.78, 5) is 23.9. The number of phenolic OH excluding ortho intramolecular Hbond substituents is 1. The maximum atomic E-state index is 13.1. The second-order valence-electron chi connectivity index (χ2n) is 5.47. The van der Waals surface area contributed by atoms with Gasteiger partial charge >= 0.3 is 5.97 Å². The van der Waals surface area contributed by atoms with Crippen molar-refractivity contribution in [3.63, 3.8) is 0 Å². The minimum Gasteiger partial charge on any atom is -0.507 e. The number of fused-ring (bicyclic) bond motifs is 1. The van der Waals surface area contributed by atoms with Crippen LogP contribution in [0.2, 0.25) is 0 Å². The maximum Gasteiger partial charge on any atom is 0.342 e. The number of amides is 1. The number of benzene rings is 3. The number of aromatic hydroxyl groups is 1. The number of anilines is 1. The summed E-state index contributed by atoms with van der Waals surface area (Å²) in [6.07, 6.45) is 0. The van der Waals surface area contributed by atoms with Crippen LogP contribution < -0.4 is 5.32 Å². The minimum atomic E-state index is -1.11. The molecule has 0 radical (unpaired) electrons. The molecule has 5 nitrogen and oxygen atoms in total. The highest BCUT2D eigenvalue weighted by Crippen LogP contribution is 2.25. The molecule has 0 saturated heterocycles. The molecular formula is C19H13F2NO4. The molecule has 1 amide bonds. The summed E-state index contributed by atoms with van der Waals surface area (Å²) in [5.41, 5.74) is -0.0529. The van der Waals surface area contributed by atoms with E-state index in [0.29, 0.717) is 0 Å². The third kappa shape index (κ3) is 3.77. The Balaban J connectivity index is 1.65. The highest BCUT2D eigenvalue weighted by atomic mass is 19.2. The number of carbonyl (C=O) groups is 2. The van der Waals surface area contributed by atoms with E-state index in [4.69, 9.17) is 4.74 Å². The molecule has 0 bridgehead atoms. The van der Waals surface area contributed by atoms with Crippen LogP contribution >= 0.6 is 0 Å². The molecule has 0 unspecified atom stereocenters. The second-order valence-corrected chi connectivity index (χ2v) is 5.47. The zero-order valence-electron chi connectivity index (χ0n) is 13.3. The van der Waals surface area contributed by atoms with Crippen LogP contribution in [0.5, 0.6) is 5.75 Å². The van der Waals surface area contributed by atoms with Crippen LogP contribution in [0.3, 0.4) is 0 Å². The average Bonchev–Trinajstić information content (AvgIpc) is 2.62. The molecule has 3 aromatic carbocycles. The van der Waals surface area contributed by atoms with E-state index >= 15 is 0 Å². The highest BCUT2D eigenvalue weighted by Gasteiger charge is 2.16. The number of hydrogen-bond acceptors (Lipinski definition) is 4. The Bertz CT molecular complexity index is 1000. The Kier molecular flexibility index (Phi) is 4.79. The molecule has 0 aliphatic rings. The molecule has 0 aromatic heterocycles. The summed E-state index contributed by atoms with van der Waals surface area (Å²) in [6.45, 7) is -0.649. The molecule has 0 aliphatic heterocycles. The van der Waals surface area contributed by atoms with Crippen LogP contribution in [0.25, 0.3) is 10.8 Å². The number of carbonyl (C=O) groups excluding carboxylic acids is 2. The summed E-state index contributed by atoms with van der Waals surface area (Å²) >= 11 is 0. The molecule has 0 spiro atoms. The third-order valence-electron chi connectivity index (χ3n) is 3.62. The van der Waals surface area contributed by atoms with Crippen molar-refractivity contribution in [2.45, 2.75) is 0 Å². The molecule has 26 heavy (non-hydrogen) atoms. The second kappa shape index (κ2) is 7.18. The first-order valence-corrected chi connectivity index (χ1v) is 7.58. The molecule has 132 valence electrons. The lowest BCUT2D eigenvalue weighted by molar-refractivity contribution is -0.119. The smallest absolute Gasteiger partial charge is 0.342 e. The summed E-state index contributed by atoms with van der Waals surface area (Å²) in [5.74, 6) is -4.03. The van der Waals surface area contributed by atoms with Gasteiger partial charge in [0.1, 0.15) is 11.3 Å². The van der Waals surface area contributed by atoms with Gasteiger partial charge in [0, 0.05) is 11.8 Å². The molecule has 0 aliphatic carbocycles. The largest absolute Gasteiger partial charge is 0.507 e. The minimum absolute atomic E-state index is 0.0264. The van der Waals surface area contributed by atoms with E-state index in [0.717, 1.165) is 22.9 Å². The molecule has 0 heterocycles. The Hall–Kier alpha value is -3.48. The van der Waals surface area contributed by atoms with Gasteiger partial charge in [0.25, 0.3) is 5.91 Å². The Morgan fingerprint density at radius 2 is 1.65 bits per heavy atom. The first kappa shape index (κ1) is 17.3. The molecule has 0 saturated carbocycles. The lowest BCUT2D eigenvalue weighted by Gasteiger charge is -2.09. The van der Waals surface area contributed by atoms with Crippen LogP contribution in [0.4, 0.5) is 14.5 Å². The molecule has 0 fully saturated rings. The van der Waals surface area contributed by atoms with Gasteiger partial charge in [-0.3, -0.25) is 4.79 Å². The Morgan fingerprint density at radius 3 is 2.35 bits per heavy atom. The van der Waals surface area contributed by atoms with Crippen molar-refractivity contribution in [3.05, 3.63) is 71.8 Å². The van der Waals surface area contributed by atoms with E-state index in [2.05, 4.69) is 5.32 Å². The van der Waals surface area contributed by atoms with Crippen molar-refractivity contribution in [1.82, 2.24) is 0 Å². The standard InChI is InChI=1S/C19H13F2NO4/c20-15-6-5-13(9-16(15)21)22-18(24)10-26-19(25)14-7-11-3-1-2-4-12(11)8-17(14)23/h1-9,23H,10H2,(H,22,24). The Labute approximate surface area is 146 Å². The van der Waals surface area contributed by atoms with Crippen LogP contribution in [-0.4, -0.2) is 23.6 Å². The fourth-order valence-electron chi connectivity index (χ4n) is 2.37. The van der Waals surface area contributed by atoms with Crippen LogP contribution in [0, 0.1) is 11.6 Å². The molecule has 2 N–H and O–H groups in total. The average molecular weight is 357 g/mol. The summed E-state index contributed by atoms with van der Waals surface area (Å²) in [5, 5.41) is 13.7. The van der Waals surface area contributed by atoms with Gasteiger partial charge in [0.05, 0.1) is 0 Å². The number of esters is 1. The van der Waals surface area contributed by atoms with Gasteiger partial charge in [-0.2, -0.15) is 0 Å². The van der Waals surface area contributed by atoms with Crippen molar-refractivity contribution in [2.75, 3.05) is 11.9 Å². The number of ether oxygens (including phenoxy) is 1. The number of phenols is 1. The predicted octanol–water partition coefficient (Wildman–Crippen LogP) is 3.62. The number of rotatable bonds is 4. The molecular weight excluding hydrogens is 344 g/mol. The van der Waals surface area contributed by atoms with Crippen LogP contribution in [0.15, 0.2) is 54.6 Å². The van der Waals surface area contributed by atoms with E-state index in [9.17, 15) is 23.5 Å². The third-order valence-corrected chi connectivity index (χ3v) is 3.62. The fourth-order valence-corrected chi connectivity index (χ4v) is 2.37. The summed E-state index contributed by atoms with van der Waals surface area (Å²) < 4.78 is 30.8. The first-order valence-electron chi connectivity index (χ1n) is 7.58. The first-order chi connectivity index (χ1) is 12.4. The van der Waals surface area contributed by atoms with Gasteiger partial charge in [-0.05, 0) is 35.0 Å². The van der Waals surface area contributed by atoms with Crippen LogP contribution in [0.1, 0.15) is 10.4 Å². The van der Waals surface area contributed by atoms with Gasteiger partial charge in [-0.25, -0.2) is 13.6 Å². The van der Waals surface area contributed by atoms with Gasteiger partial charge in [-0.1, -0.05) is 24.3 Å². The Morgan fingerprint density at radius 1 is 0.962 bits per heavy atom. The quantitative estimate of drug-likeness (QED) is 0.700. The molecule has 0 atom stereocenters. The molecule has 3 aromatic rings. The van der Waals surface area contributed by atoms with Gasteiger partial charge in [0.2, 0.25) is 0 Å². The van der Waals surface area contributed by atoms with Crippen molar-refractivity contribution < 1.29 is 28.2 Å². The number of nitrogens with one attached hydrogen (secondary N) is 1. The van der Waals surface area contributed by atoms with Crippen molar-refractivity contribution in [2.24, 2.45) is 0 Å². The zero-order valence-corrected chi connectivity index (χ0v) is 13.3. The van der Waals surface area contributed by atoms with Gasteiger partial charge in [-0.15, -0.1) is 0 Å². The lowest BCUT2D eigenvalue weighted by atomic mass is 10.1.